The van der Waals surface area contributed by atoms with E-state index in [1.165, 1.54) is 11.3 Å². The molecule has 0 unspecified atom stereocenters. The zero-order valence-corrected chi connectivity index (χ0v) is 11.2. The van der Waals surface area contributed by atoms with E-state index in [1.54, 1.807) is 0 Å². The molecule has 2 aromatic heterocycles. The molecular weight excluding hydrogens is 300 g/mol. The van der Waals surface area contributed by atoms with Crippen molar-refractivity contribution < 1.29 is 5.11 Å². The lowest BCUT2D eigenvalue weighted by Gasteiger charge is -1.92. The zero-order valence-electron chi connectivity index (χ0n) is 8.77. The van der Waals surface area contributed by atoms with Crippen LogP contribution in [0.15, 0.2) is 35.1 Å². The number of aromatic nitrogens is 2. The van der Waals surface area contributed by atoms with Gasteiger partial charge >= 0.3 is 0 Å². The van der Waals surface area contributed by atoms with Crippen LogP contribution in [0.2, 0.25) is 0 Å². The van der Waals surface area contributed by atoms with E-state index in [4.69, 9.17) is 0 Å². The molecule has 86 valence electrons. The van der Waals surface area contributed by atoms with E-state index in [1.807, 2.05) is 24.4 Å². The van der Waals surface area contributed by atoms with Crippen molar-refractivity contribution in [3.05, 3.63) is 39.9 Å². The predicted octanol–water partition coefficient (Wildman–Crippen LogP) is 3.55. The average Bonchev–Trinajstić information content (AvgIpc) is 2.92. The van der Waals surface area contributed by atoms with Crippen LogP contribution in [0.25, 0.3) is 21.5 Å². The number of hydrogen-bond acceptors (Lipinski definition) is 3. The van der Waals surface area contributed by atoms with Gasteiger partial charge in [0.1, 0.15) is 9.61 Å². The van der Waals surface area contributed by atoms with E-state index in [0.29, 0.717) is 0 Å². The Labute approximate surface area is 110 Å². The lowest BCUT2D eigenvalue weighted by atomic mass is 10.2. The number of hydrogen-bond donors (Lipinski definition) is 2. The van der Waals surface area contributed by atoms with Crippen LogP contribution in [-0.2, 0) is 6.61 Å². The Bertz CT molecular complexity index is 674. The fourth-order valence-corrected chi connectivity index (χ4v) is 3.30. The number of nitrogens with one attached hydrogen (secondary N) is 1. The number of rotatable bonds is 2. The van der Waals surface area contributed by atoms with Gasteiger partial charge in [0, 0.05) is 22.7 Å². The summed E-state index contributed by atoms with van der Waals surface area (Å²) in [5.41, 5.74) is 2.17. The van der Waals surface area contributed by atoms with Crippen LogP contribution in [0.4, 0.5) is 0 Å². The van der Waals surface area contributed by atoms with Crippen molar-refractivity contribution in [2.75, 3.05) is 0 Å². The molecule has 0 atom stereocenters. The number of thiazole rings is 1. The Morgan fingerprint density at radius 3 is 2.94 bits per heavy atom. The monoisotopic (exact) mass is 308 g/mol. The minimum absolute atomic E-state index is 0.0145. The summed E-state index contributed by atoms with van der Waals surface area (Å²) in [6.45, 7) is 0.0145. The molecule has 0 saturated carbocycles. The summed E-state index contributed by atoms with van der Waals surface area (Å²) in [5, 5.41) is 11.2. The third-order valence-electron chi connectivity index (χ3n) is 2.61. The molecule has 3 rings (SSSR count). The second-order valence-electron chi connectivity index (χ2n) is 3.64. The van der Waals surface area contributed by atoms with Gasteiger partial charge in [0.25, 0.3) is 0 Å². The van der Waals surface area contributed by atoms with Crippen LogP contribution in [0.3, 0.4) is 0 Å². The molecule has 0 aliphatic rings. The molecule has 3 aromatic rings. The van der Waals surface area contributed by atoms with Crippen molar-refractivity contribution in [2.24, 2.45) is 0 Å². The highest BCUT2D eigenvalue weighted by molar-refractivity contribution is 9.10. The first-order chi connectivity index (χ1) is 8.29. The largest absolute Gasteiger partial charge is 0.391 e. The summed E-state index contributed by atoms with van der Waals surface area (Å²) in [7, 11) is 0. The smallest absolute Gasteiger partial charge is 0.127 e. The van der Waals surface area contributed by atoms with Crippen molar-refractivity contribution in [3.8, 4) is 10.6 Å². The van der Waals surface area contributed by atoms with Gasteiger partial charge in [0.05, 0.1) is 11.5 Å². The highest BCUT2D eigenvalue weighted by atomic mass is 79.9. The molecule has 0 fully saturated rings. The van der Waals surface area contributed by atoms with Gasteiger partial charge in [-0.15, -0.1) is 11.3 Å². The fourth-order valence-electron chi connectivity index (χ4n) is 1.79. The normalized spacial score (nSPS) is 11.2. The zero-order chi connectivity index (χ0) is 11.8. The Morgan fingerprint density at radius 1 is 1.35 bits per heavy atom. The summed E-state index contributed by atoms with van der Waals surface area (Å²) >= 11 is 4.86. The summed E-state index contributed by atoms with van der Waals surface area (Å²) in [5.74, 6) is 0. The predicted molar refractivity (Wildman–Crippen MR) is 73.0 cm³/mol. The molecule has 2 N–H and O–H groups in total. The van der Waals surface area contributed by atoms with Crippen LogP contribution < -0.4 is 0 Å². The molecule has 0 aliphatic carbocycles. The third-order valence-corrected chi connectivity index (χ3v) is 4.60. The number of aliphatic hydroxyl groups excluding tert-OH is 1. The first-order valence-corrected chi connectivity index (χ1v) is 6.73. The summed E-state index contributed by atoms with van der Waals surface area (Å²) < 4.78 is 0.727. The Kier molecular flexibility index (Phi) is 2.74. The minimum atomic E-state index is 0.0145. The average molecular weight is 309 g/mol. The third kappa shape index (κ3) is 1.80. The molecule has 0 aliphatic heterocycles. The van der Waals surface area contributed by atoms with Gasteiger partial charge < -0.3 is 10.1 Å². The number of halogens is 1. The number of aliphatic hydroxyl groups is 1. The van der Waals surface area contributed by atoms with Crippen LogP contribution in [0, 0.1) is 0 Å². The summed E-state index contributed by atoms with van der Waals surface area (Å²) in [4.78, 5) is 8.50. The van der Waals surface area contributed by atoms with Crippen molar-refractivity contribution in [3.63, 3.8) is 0 Å². The number of H-pyrrole nitrogens is 1. The van der Waals surface area contributed by atoms with E-state index >= 15 is 0 Å². The molecule has 17 heavy (non-hydrogen) atoms. The van der Waals surface area contributed by atoms with E-state index < -0.39 is 0 Å². The number of benzene rings is 1. The summed E-state index contributed by atoms with van der Waals surface area (Å²) in [6, 6.07) is 8.11. The molecule has 2 heterocycles. The highest BCUT2D eigenvalue weighted by Gasteiger charge is 2.12. The molecule has 5 heteroatoms. The quantitative estimate of drug-likeness (QED) is 0.760. The van der Waals surface area contributed by atoms with Gasteiger partial charge in [-0.2, -0.15) is 0 Å². The van der Waals surface area contributed by atoms with Crippen molar-refractivity contribution >= 4 is 38.2 Å². The van der Waals surface area contributed by atoms with E-state index in [9.17, 15) is 5.11 Å². The molecule has 1 aromatic carbocycles. The Morgan fingerprint density at radius 2 is 2.18 bits per heavy atom. The van der Waals surface area contributed by atoms with Gasteiger partial charge in [0.15, 0.2) is 0 Å². The number of nitrogens with zero attached hydrogens (tertiary/aromatic N) is 1. The lowest BCUT2D eigenvalue weighted by molar-refractivity contribution is 0.284. The standard InChI is InChI=1S/C12H9BrN2OS/c13-11-10(6-16)17-12(15-11)8-5-14-9-4-2-1-3-7(8)9/h1-5,14,16H,6H2. The van der Waals surface area contributed by atoms with Gasteiger partial charge in [-0.25, -0.2) is 4.98 Å². The van der Waals surface area contributed by atoms with Crippen LogP contribution in [-0.4, -0.2) is 15.1 Å². The maximum atomic E-state index is 9.18. The molecular formula is C12H9BrN2OS. The van der Waals surface area contributed by atoms with Crippen molar-refractivity contribution in [1.82, 2.24) is 9.97 Å². The number of aromatic amines is 1. The number of fused-ring (bicyclic) bond motifs is 1. The van der Waals surface area contributed by atoms with E-state index in [0.717, 1.165) is 31.0 Å². The molecule has 0 radical (unpaired) electrons. The second kappa shape index (κ2) is 4.25. The van der Waals surface area contributed by atoms with Crippen LogP contribution >= 0.6 is 27.3 Å². The SMILES string of the molecule is OCc1sc(-c2c[nH]c3ccccc23)nc1Br. The maximum absolute atomic E-state index is 9.18. The lowest BCUT2D eigenvalue weighted by Crippen LogP contribution is -1.75. The topological polar surface area (TPSA) is 48.9 Å². The van der Waals surface area contributed by atoms with Gasteiger partial charge in [-0.3, -0.25) is 0 Å². The van der Waals surface area contributed by atoms with Gasteiger partial charge in [-0.1, -0.05) is 18.2 Å². The fraction of sp³-hybridized carbons (Fsp3) is 0.0833. The Balaban J connectivity index is 2.20. The minimum Gasteiger partial charge on any atom is -0.391 e. The van der Waals surface area contributed by atoms with Crippen LogP contribution in [0.5, 0.6) is 0 Å². The second-order valence-corrected chi connectivity index (χ2v) is 5.47. The molecule has 0 bridgehead atoms. The molecule has 3 nitrogen and oxygen atoms in total. The summed E-state index contributed by atoms with van der Waals surface area (Å²) in [6.07, 6.45) is 1.96. The molecule has 0 amide bonds. The molecule has 0 saturated heterocycles. The van der Waals surface area contributed by atoms with Crippen molar-refractivity contribution in [1.29, 1.82) is 0 Å². The number of para-hydroxylation sites is 1. The maximum Gasteiger partial charge on any atom is 0.127 e. The van der Waals surface area contributed by atoms with Crippen LogP contribution in [0.1, 0.15) is 4.88 Å². The van der Waals surface area contributed by atoms with Crippen molar-refractivity contribution in [2.45, 2.75) is 6.61 Å². The first-order valence-electron chi connectivity index (χ1n) is 5.12. The van der Waals surface area contributed by atoms with Gasteiger partial charge in [0.2, 0.25) is 0 Å². The highest BCUT2D eigenvalue weighted by Crippen LogP contribution is 2.34. The molecule has 0 spiro atoms. The van der Waals surface area contributed by atoms with E-state index in [-0.39, 0.29) is 6.61 Å². The Hall–Kier alpha value is -1.17. The van der Waals surface area contributed by atoms with E-state index in [2.05, 4.69) is 32.0 Å². The first kappa shape index (κ1) is 11.0. The van der Waals surface area contributed by atoms with Gasteiger partial charge in [-0.05, 0) is 22.0 Å².